The highest BCUT2D eigenvalue weighted by molar-refractivity contribution is 5.70. The van der Waals surface area contributed by atoms with Crippen molar-refractivity contribution in [1.82, 2.24) is 0 Å². The third-order valence-corrected chi connectivity index (χ3v) is 14.6. The van der Waals surface area contributed by atoms with E-state index >= 15 is 0 Å². The molecule has 0 unspecified atom stereocenters. The zero-order chi connectivity index (χ0) is 40.0. The third kappa shape index (κ3) is 11.7. The number of hydrogen-bond donors (Lipinski definition) is 3. The number of fused-ring (bicyclic) bond motifs is 5. The van der Waals surface area contributed by atoms with Gasteiger partial charge in [-0.15, -0.1) is 0 Å². The Morgan fingerprint density at radius 3 is 1.95 bits per heavy atom. The van der Waals surface area contributed by atoms with Crippen molar-refractivity contribution in [1.29, 1.82) is 0 Å². The lowest BCUT2D eigenvalue weighted by Crippen LogP contribution is -2.63. The van der Waals surface area contributed by atoms with E-state index in [9.17, 15) is 19.2 Å². The molecule has 0 saturated heterocycles. The minimum Gasteiger partial charge on any atom is -0.466 e. The fourth-order valence-corrected chi connectivity index (χ4v) is 11.6. The maximum Gasteiger partial charge on any atom is 0.306 e. The Hall–Kier alpha value is -2.24. The fourth-order valence-electron chi connectivity index (χ4n) is 11.6. The van der Waals surface area contributed by atoms with E-state index in [2.05, 4.69) is 27.7 Å². The highest BCUT2D eigenvalue weighted by Crippen LogP contribution is 2.69. The number of hydrogen-bond acceptors (Lipinski definition) is 11. The fraction of sp³-hybridized carbons (Fsp3) is 0.909. The first-order valence-corrected chi connectivity index (χ1v) is 22.3. The van der Waals surface area contributed by atoms with Crippen molar-refractivity contribution >= 4 is 23.9 Å². The van der Waals surface area contributed by atoms with Crippen molar-refractivity contribution in [2.45, 2.75) is 181 Å². The van der Waals surface area contributed by atoms with Crippen molar-refractivity contribution in [2.75, 3.05) is 26.2 Å². The van der Waals surface area contributed by atoms with Crippen LogP contribution in [0.3, 0.4) is 0 Å². The Morgan fingerprint density at radius 1 is 0.673 bits per heavy atom. The molecular weight excluding hydrogens is 698 g/mol. The van der Waals surface area contributed by atoms with Gasteiger partial charge in [-0.05, 0) is 132 Å². The predicted octanol–water partition coefficient (Wildman–Crippen LogP) is 7.14. The van der Waals surface area contributed by atoms with Gasteiger partial charge in [0.2, 0.25) is 0 Å². The van der Waals surface area contributed by atoms with E-state index in [4.69, 9.17) is 36.1 Å². The van der Waals surface area contributed by atoms with Gasteiger partial charge >= 0.3 is 23.9 Å². The molecule has 0 aromatic carbocycles. The average Bonchev–Trinajstić information content (AvgIpc) is 3.52. The van der Waals surface area contributed by atoms with E-state index in [-0.39, 0.29) is 101 Å². The first-order valence-electron chi connectivity index (χ1n) is 22.3. The van der Waals surface area contributed by atoms with Gasteiger partial charge in [0.05, 0.1) is 6.61 Å². The second-order valence-electron chi connectivity index (χ2n) is 18.1. The number of nitrogens with two attached hydrogens (primary N) is 3. The van der Waals surface area contributed by atoms with Crippen molar-refractivity contribution in [3.05, 3.63) is 0 Å². The van der Waals surface area contributed by atoms with Gasteiger partial charge in [-0.1, -0.05) is 59.8 Å². The molecule has 11 nitrogen and oxygen atoms in total. The lowest BCUT2D eigenvalue weighted by atomic mass is 9.43. The summed E-state index contributed by atoms with van der Waals surface area (Å²) in [5.74, 6) is 0.288. The summed E-state index contributed by atoms with van der Waals surface area (Å²) in [6.45, 7) is 10.9. The number of carbonyl (C=O) groups excluding carboxylic acids is 4. The van der Waals surface area contributed by atoms with E-state index in [0.717, 1.165) is 51.4 Å². The first-order chi connectivity index (χ1) is 26.4. The van der Waals surface area contributed by atoms with E-state index in [0.29, 0.717) is 71.2 Å². The van der Waals surface area contributed by atoms with Crippen molar-refractivity contribution in [2.24, 2.45) is 63.5 Å². The topological polar surface area (TPSA) is 183 Å². The zero-order valence-corrected chi connectivity index (χ0v) is 34.9. The molecule has 11 atom stereocenters. The van der Waals surface area contributed by atoms with Crippen molar-refractivity contribution in [3.8, 4) is 0 Å². The second-order valence-corrected chi connectivity index (χ2v) is 18.1. The molecule has 4 aliphatic carbocycles. The summed E-state index contributed by atoms with van der Waals surface area (Å²) in [5, 5.41) is 0. The van der Waals surface area contributed by atoms with Gasteiger partial charge in [0.1, 0.15) is 18.3 Å². The standard InChI is InChI=1S/C44H77N3O8/c1-5-6-7-8-9-10-26-52-38(48)20-17-30(2)33-18-19-34-42-35(29-37(44(33,34)4)55-41(51)16-13-25-47)43(3)22-21-32(53-39(49)14-11-23-45)27-31(43)28-36(42)54-40(50)15-12-24-46/h30-37,42H,5-29,45-47H2,1-4H3/t30-,31+,32-,33-,34+,35+,36-,37+,42+,43+,44-/m1/s1. The zero-order valence-electron chi connectivity index (χ0n) is 34.9. The van der Waals surface area contributed by atoms with Crippen LogP contribution in [0.25, 0.3) is 0 Å². The molecule has 0 bridgehead atoms. The van der Waals surface area contributed by atoms with Crippen LogP contribution < -0.4 is 17.2 Å². The molecule has 4 rings (SSSR count). The number of rotatable bonds is 23. The molecule has 4 fully saturated rings. The summed E-state index contributed by atoms with van der Waals surface area (Å²) >= 11 is 0. The van der Waals surface area contributed by atoms with E-state index in [1.807, 2.05) is 0 Å². The van der Waals surface area contributed by atoms with Crippen LogP contribution >= 0.6 is 0 Å². The first kappa shape index (κ1) is 45.5. The Morgan fingerprint density at radius 2 is 1.29 bits per heavy atom. The number of ether oxygens (including phenoxy) is 4. The monoisotopic (exact) mass is 776 g/mol. The molecule has 0 amide bonds. The van der Waals surface area contributed by atoms with E-state index < -0.39 is 0 Å². The number of esters is 4. The lowest BCUT2D eigenvalue weighted by molar-refractivity contribution is -0.226. The lowest BCUT2D eigenvalue weighted by Gasteiger charge is -2.64. The van der Waals surface area contributed by atoms with Gasteiger partial charge < -0.3 is 36.1 Å². The smallest absolute Gasteiger partial charge is 0.306 e. The molecule has 0 radical (unpaired) electrons. The molecular formula is C44H77N3O8. The maximum absolute atomic E-state index is 13.5. The molecule has 0 aromatic rings. The Balaban J connectivity index is 1.57. The highest BCUT2D eigenvalue weighted by atomic mass is 16.6. The van der Waals surface area contributed by atoms with Gasteiger partial charge in [0.25, 0.3) is 0 Å². The number of carbonyl (C=O) groups is 4. The van der Waals surface area contributed by atoms with Crippen molar-refractivity contribution in [3.63, 3.8) is 0 Å². The summed E-state index contributed by atoms with van der Waals surface area (Å²) in [6.07, 6.45) is 15.6. The quantitative estimate of drug-likeness (QED) is 0.0545. The molecule has 11 heteroatoms. The van der Waals surface area contributed by atoms with Gasteiger partial charge in [-0.25, -0.2) is 0 Å². The molecule has 0 heterocycles. The number of unbranched alkanes of at least 4 members (excludes halogenated alkanes) is 5. The SMILES string of the molecule is CCCCCCCCOC(=O)CC[C@@H](C)[C@H]1CC[C@H]2[C@@H]3[C@H](OC(=O)CCCN)C[C@@H]4C[C@H](OC(=O)CCCN)CC[C@]4(C)[C@H]3C[C@H](OC(=O)CCCN)[C@]12C. The van der Waals surface area contributed by atoms with Crippen LogP contribution in [0, 0.1) is 46.3 Å². The van der Waals surface area contributed by atoms with Gasteiger partial charge in [-0.3, -0.25) is 19.2 Å². The average molecular weight is 776 g/mol. The Labute approximate surface area is 332 Å². The molecule has 0 aromatic heterocycles. The highest BCUT2D eigenvalue weighted by Gasteiger charge is 2.67. The van der Waals surface area contributed by atoms with Gasteiger partial charge in [-0.2, -0.15) is 0 Å². The summed E-state index contributed by atoms with van der Waals surface area (Å²) in [6, 6.07) is 0. The maximum atomic E-state index is 13.5. The molecule has 4 saturated carbocycles. The van der Waals surface area contributed by atoms with Gasteiger partial charge in [0, 0.05) is 37.0 Å². The minimum absolute atomic E-state index is 0.0995. The summed E-state index contributed by atoms with van der Waals surface area (Å²) in [4.78, 5) is 52.4. The van der Waals surface area contributed by atoms with Gasteiger partial charge in [0.15, 0.2) is 0 Å². The summed E-state index contributed by atoms with van der Waals surface area (Å²) < 4.78 is 24.7. The Bertz CT molecular complexity index is 1230. The Kier molecular flexibility index (Phi) is 18.2. The van der Waals surface area contributed by atoms with Crippen LogP contribution in [0.15, 0.2) is 0 Å². The van der Waals surface area contributed by atoms with Crippen LogP contribution in [0.1, 0.15) is 163 Å². The predicted molar refractivity (Wildman–Crippen MR) is 213 cm³/mol. The van der Waals surface area contributed by atoms with Crippen LogP contribution in [-0.4, -0.2) is 68.4 Å². The summed E-state index contributed by atoms with van der Waals surface area (Å²) in [7, 11) is 0. The van der Waals surface area contributed by atoms with E-state index in [1.54, 1.807) is 0 Å². The molecule has 4 aliphatic rings. The molecule has 55 heavy (non-hydrogen) atoms. The molecule has 6 N–H and O–H groups in total. The largest absolute Gasteiger partial charge is 0.466 e. The van der Waals surface area contributed by atoms with Crippen molar-refractivity contribution < 1.29 is 38.1 Å². The summed E-state index contributed by atoms with van der Waals surface area (Å²) in [5.41, 5.74) is 16.8. The van der Waals surface area contributed by atoms with Crippen LogP contribution in [0.5, 0.6) is 0 Å². The van der Waals surface area contributed by atoms with Crippen LogP contribution in [0.4, 0.5) is 0 Å². The molecule has 0 aliphatic heterocycles. The molecule has 316 valence electrons. The minimum atomic E-state index is -0.359. The molecule has 0 spiro atoms. The van der Waals surface area contributed by atoms with E-state index in [1.165, 1.54) is 25.7 Å². The van der Waals surface area contributed by atoms with Crippen LogP contribution in [0.2, 0.25) is 0 Å². The normalized spacial score (nSPS) is 33.1. The second kappa shape index (κ2) is 22.1. The van der Waals surface area contributed by atoms with Crippen LogP contribution in [-0.2, 0) is 38.1 Å². The third-order valence-electron chi connectivity index (χ3n) is 14.6.